The van der Waals surface area contributed by atoms with Crippen LogP contribution in [0.5, 0.6) is 0 Å². The summed E-state index contributed by atoms with van der Waals surface area (Å²) in [7, 11) is 0. The van der Waals surface area contributed by atoms with Gasteiger partial charge in [-0.2, -0.15) is 0 Å². The summed E-state index contributed by atoms with van der Waals surface area (Å²) in [5.74, 6) is 0.259. The van der Waals surface area contributed by atoms with E-state index in [4.69, 9.17) is 4.74 Å². The maximum atomic E-state index is 12.4. The number of benzene rings is 1. The van der Waals surface area contributed by atoms with E-state index in [1.807, 2.05) is 36.5 Å². The zero-order valence-electron chi connectivity index (χ0n) is 12.7. The number of aliphatic hydroxyl groups excluding tert-OH is 1. The van der Waals surface area contributed by atoms with E-state index >= 15 is 0 Å². The van der Waals surface area contributed by atoms with Crippen molar-refractivity contribution in [3.63, 3.8) is 0 Å². The van der Waals surface area contributed by atoms with Crippen LogP contribution in [0.25, 0.3) is 0 Å². The monoisotopic (exact) mass is 300 g/mol. The molecule has 1 amide bonds. The number of anilines is 1. The summed E-state index contributed by atoms with van der Waals surface area (Å²) >= 11 is 0. The van der Waals surface area contributed by atoms with Crippen molar-refractivity contribution >= 4 is 11.8 Å². The van der Waals surface area contributed by atoms with Gasteiger partial charge in [-0.15, -0.1) is 0 Å². The lowest BCUT2D eigenvalue weighted by Gasteiger charge is -2.19. The number of rotatable bonds is 3. The molecule has 1 aliphatic rings. The molecular formula is C17H20N2O3. The summed E-state index contributed by atoms with van der Waals surface area (Å²) in [6.45, 7) is 4.57. The van der Waals surface area contributed by atoms with Crippen LogP contribution < -0.4 is 4.90 Å². The number of carbonyl (C=O) groups is 1. The van der Waals surface area contributed by atoms with E-state index in [-0.39, 0.29) is 19.1 Å². The van der Waals surface area contributed by atoms with Crippen LogP contribution in [0.1, 0.15) is 42.7 Å². The number of aliphatic hydroxyl groups is 1. The van der Waals surface area contributed by atoms with Gasteiger partial charge in [0.1, 0.15) is 12.7 Å². The van der Waals surface area contributed by atoms with Gasteiger partial charge in [-0.05, 0) is 17.0 Å². The smallest absolute Gasteiger partial charge is 0.414 e. The minimum absolute atomic E-state index is 0.225. The van der Waals surface area contributed by atoms with Crippen LogP contribution in [0.15, 0.2) is 36.5 Å². The van der Waals surface area contributed by atoms with Gasteiger partial charge in [0.2, 0.25) is 0 Å². The highest BCUT2D eigenvalue weighted by atomic mass is 16.6. The van der Waals surface area contributed by atoms with E-state index in [0.29, 0.717) is 5.69 Å². The first-order chi connectivity index (χ1) is 10.6. The van der Waals surface area contributed by atoms with Crippen LogP contribution in [-0.2, 0) is 11.3 Å². The molecule has 2 N–H and O–H groups in total. The Kier molecular flexibility index (Phi) is 3.90. The van der Waals surface area contributed by atoms with Gasteiger partial charge < -0.3 is 14.8 Å². The third kappa shape index (κ3) is 2.60. The average Bonchev–Trinajstić information content (AvgIpc) is 3.07. The van der Waals surface area contributed by atoms with Crippen LogP contribution in [0.4, 0.5) is 10.5 Å². The maximum absolute atomic E-state index is 12.4. The molecule has 1 atom stereocenters. The predicted molar refractivity (Wildman–Crippen MR) is 83.8 cm³/mol. The summed E-state index contributed by atoms with van der Waals surface area (Å²) in [6, 6.07) is 9.55. The molecule has 116 valence electrons. The number of ether oxygens (including phenoxy) is 1. The van der Waals surface area contributed by atoms with Crippen molar-refractivity contribution in [2.75, 3.05) is 11.4 Å². The number of carbonyl (C=O) groups excluding carboxylic acids is 1. The third-order valence-electron chi connectivity index (χ3n) is 3.92. The van der Waals surface area contributed by atoms with Crippen LogP contribution >= 0.6 is 0 Å². The minimum Gasteiger partial charge on any atom is -0.444 e. The fraction of sp³-hybridized carbons (Fsp3) is 0.353. The summed E-state index contributed by atoms with van der Waals surface area (Å²) in [4.78, 5) is 17.0. The van der Waals surface area contributed by atoms with Crippen LogP contribution in [0.3, 0.4) is 0 Å². The fourth-order valence-electron chi connectivity index (χ4n) is 2.76. The molecule has 0 fully saturated rings. The van der Waals surface area contributed by atoms with Crippen molar-refractivity contribution in [3.05, 3.63) is 53.3 Å². The second-order valence-corrected chi connectivity index (χ2v) is 5.83. The number of amides is 1. The summed E-state index contributed by atoms with van der Waals surface area (Å²) in [5.41, 5.74) is 3.41. The van der Waals surface area contributed by atoms with Crippen molar-refractivity contribution in [2.45, 2.75) is 32.5 Å². The number of aromatic nitrogens is 1. The van der Waals surface area contributed by atoms with Crippen molar-refractivity contribution in [2.24, 2.45) is 0 Å². The number of aromatic amines is 1. The molecule has 1 unspecified atom stereocenters. The van der Waals surface area contributed by atoms with Gasteiger partial charge in [0.05, 0.1) is 17.9 Å². The van der Waals surface area contributed by atoms with Crippen LogP contribution in [0.2, 0.25) is 0 Å². The molecule has 0 bridgehead atoms. The van der Waals surface area contributed by atoms with E-state index in [0.717, 1.165) is 16.8 Å². The lowest BCUT2D eigenvalue weighted by molar-refractivity contribution is 0.141. The molecule has 0 saturated heterocycles. The van der Waals surface area contributed by atoms with Gasteiger partial charge in [-0.3, -0.25) is 4.90 Å². The van der Waals surface area contributed by atoms with Gasteiger partial charge in [0, 0.05) is 6.20 Å². The molecule has 1 aromatic carbocycles. The first-order valence-corrected chi connectivity index (χ1v) is 7.45. The summed E-state index contributed by atoms with van der Waals surface area (Å²) in [6.07, 6.45) is 0.741. The number of hydrogen-bond acceptors (Lipinski definition) is 3. The van der Waals surface area contributed by atoms with Gasteiger partial charge in [0.15, 0.2) is 0 Å². The highest BCUT2D eigenvalue weighted by Gasteiger charge is 2.36. The number of hydrogen-bond donors (Lipinski definition) is 2. The van der Waals surface area contributed by atoms with Crippen LogP contribution in [0, 0.1) is 0 Å². The molecule has 0 saturated carbocycles. The second-order valence-electron chi connectivity index (χ2n) is 5.83. The van der Waals surface area contributed by atoms with E-state index < -0.39 is 12.2 Å². The standard InChI is InChI=1S/C17H20N2O3/c1-11(2)13-8-18-15-14(20)9-19(16(13)15)17(21)22-10-12-6-4-3-5-7-12/h3-8,11,14,18,20H,9-10H2,1-2H3. The van der Waals surface area contributed by atoms with Crippen molar-refractivity contribution in [1.29, 1.82) is 0 Å². The molecule has 5 nitrogen and oxygen atoms in total. The van der Waals surface area contributed by atoms with Crippen LogP contribution in [-0.4, -0.2) is 22.7 Å². The Morgan fingerprint density at radius 1 is 1.41 bits per heavy atom. The molecule has 2 aromatic rings. The van der Waals surface area contributed by atoms with Gasteiger partial charge in [0.25, 0.3) is 0 Å². The van der Waals surface area contributed by atoms with Gasteiger partial charge in [-0.1, -0.05) is 44.2 Å². The molecular weight excluding hydrogens is 280 g/mol. The van der Waals surface area contributed by atoms with E-state index in [1.165, 1.54) is 4.90 Å². The minimum atomic E-state index is -0.688. The average molecular weight is 300 g/mol. The predicted octanol–water partition coefficient (Wildman–Crippen LogP) is 3.33. The third-order valence-corrected chi connectivity index (χ3v) is 3.92. The maximum Gasteiger partial charge on any atom is 0.414 e. The SMILES string of the molecule is CC(C)c1c[nH]c2c1N(C(=O)OCc1ccccc1)CC2O. The van der Waals surface area contributed by atoms with Crippen molar-refractivity contribution < 1.29 is 14.6 Å². The quantitative estimate of drug-likeness (QED) is 0.913. The number of nitrogens with one attached hydrogen (secondary N) is 1. The van der Waals surface area contributed by atoms with Gasteiger partial charge in [-0.25, -0.2) is 4.79 Å². The molecule has 22 heavy (non-hydrogen) atoms. The molecule has 0 aliphatic carbocycles. The molecule has 2 heterocycles. The number of fused-ring (bicyclic) bond motifs is 1. The molecule has 0 spiro atoms. The summed E-state index contributed by atoms with van der Waals surface area (Å²) < 4.78 is 5.38. The zero-order chi connectivity index (χ0) is 15.7. The number of nitrogens with zero attached hydrogens (tertiary/aromatic N) is 1. The van der Waals surface area contributed by atoms with Crippen molar-refractivity contribution in [3.8, 4) is 0 Å². The second kappa shape index (κ2) is 5.85. The summed E-state index contributed by atoms with van der Waals surface area (Å²) in [5, 5.41) is 10.1. The molecule has 5 heteroatoms. The van der Waals surface area contributed by atoms with Crippen molar-refractivity contribution in [1.82, 2.24) is 4.98 Å². The number of H-pyrrole nitrogens is 1. The van der Waals surface area contributed by atoms with E-state index in [9.17, 15) is 9.90 Å². The first-order valence-electron chi connectivity index (χ1n) is 7.45. The Morgan fingerprint density at radius 2 is 2.14 bits per heavy atom. The largest absolute Gasteiger partial charge is 0.444 e. The lowest BCUT2D eigenvalue weighted by Crippen LogP contribution is -2.31. The van der Waals surface area contributed by atoms with E-state index in [2.05, 4.69) is 18.8 Å². The Hall–Kier alpha value is -2.27. The van der Waals surface area contributed by atoms with Gasteiger partial charge >= 0.3 is 6.09 Å². The topological polar surface area (TPSA) is 65.6 Å². The first kappa shape index (κ1) is 14.7. The molecule has 0 radical (unpaired) electrons. The van der Waals surface area contributed by atoms with E-state index in [1.54, 1.807) is 0 Å². The molecule has 1 aliphatic heterocycles. The molecule has 3 rings (SSSR count). The fourth-order valence-corrected chi connectivity index (χ4v) is 2.76. The normalized spacial score (nSPS) is 16.9. The Labute approximate surface area is 129 Å². The Bertz CT molecular complexity index is 664. The highest BCUT2D eigenvalue weighted by Crippen LogP contribution is 2.40. The molecule has 1 aromatic heterocycles. The Balaban J connectivity index is 1.76. The Morgan fingerprint density at radius 3 is 2.82 bits per heavy atom. The number of β-amino-alcohol motifs (C(OH)–C–C–N with tert-alkyl or cyclic N) is 1. The highest BCUT2D eigenvalue weighted by molar-refractivity contribution is 5.91. The zero-order valence-corrected chi connectivity index (χ0v) is 12.7. The lowest BCUT2D eigenvalue weighted by atomic mass is 10.1.